The lowest BCUT2D eigenvalue weighted by Gasteiger charge is -2.25. The Labute approximate surface area is 126 Å². The average Bonchev–Trinajstić information content (AvgIpc) is 2.88. The molecule has 1 fully saturated rings. The van der Waals surface area contributed by atoms with Gasteiger partial charge in [-0.3, -0.25) is 9.00 Å². The number of amides is 1. The molecular formula is C15H19NO4S. The van der Waals surface area contributed by atoms with Crippen molar-refractivity contribution in [3.63, 3.8) is 0 Å². The van der Waals surface area contributed by atoms with Crippen molar-refractivity contribution in [1.29, 1.82) is 0 Å². The molecule has 21 heavy (non-hydrogen) atoms. The van der Waals surface area contributed by atoms with Gasteiger partial charge in [0.2, 0.25) is 0 Å². The van der Waals surface area contributed by atoms with E-state index in [2.05, 4.69) is 5.32 Å². The van der Waals surface area contributed by atoms with E-state index in [-0.39, 0.29) is 5.91 Å². The van der Waals surface area contributed by atoms with Gasteiger partial charge in [0.15, 0.2) is 0 Å². The highest BCUT2D eigenvalue weighted by Crippen LogP contribution is 2.30. The minimum absolute atomic E-state index is 0.380. The van der Waals surface area contributed by atoms with Gasteiger partial charge in [-0.15, -0.1) is 0 Å². The zero-order valence-electron chi connectivity index (χ0n) is 11.9. The predicted octanol–water partition coefficient (Wildman–Crippen LogP) is 1.69. The van der Waals surface area contributed by atoms with Crippen LogP contribution in [0.4, 0.5) is 0 Å². The number of carbonyl (C=O) groups excluding carboxylic acids is 1. The summed E-state index contributed by atoms with van der Waals surface area (Å²) in [5, 5.41) is 12.1. The van der Waals surface area contributed by atoms with Crippen LogP contribution in [0, 0.1) is 0 Å². The van der Waals surface area contributed by atoms with E-state index in [9.17, 15) is 18.9 Å². The van der Waals surface area contributed by atoms with Crippen LogP contribution in [0.15, 0.2) is 24.3 Å². The molecule has 1 atom stereocenters. The van der Waals surface area contributed by atoms with Gasteiger partial charge in [0.25, 0.3) is 5.91 Å². The van der Waals surface area contributed by atoms with Gasteiger partial charge >= 0.3 is 5.97 Å². The topological polar surface area (TPSA) is 83.5 Å². The number of carbonyl (C=O) groups is 2. The molecule has 1 aromatic rings. The SMILES string of the molecule is CS(=O)Cc1cccc(C(=O)NC2(C(=O)O)CCCC2)c1. The van der Waals surface area contributed by atoms with Crippen LogP contribution in [-0.2, 0) is 21.3 Å². The number of hydrogen-bond acceptors (Lipinski definition) is 3. The molecule has 1 amide bonds. The fraction of sp³-hybridized carbons (Fsp3) is 0.467. The number of nitrogens with one attached hydrogen (secondary N) is 1. The fourth-order valence-corrected chi connectivity index (χ4v) is 3.35. The highest BCUT2D eigenvalue weighted by molar-refractivity contribution is 7.83. The lowest BCUT2D eigenvalue weighted by Crippen LogP contribution is -2.52. The zero-order valence-corrected chi connectivity index (χ0v) is 12.7. The smallest absolute Gasteiger partial charge is 0.329 e. The molecule has 114 valence electrons. The molecule has 5 nitrogen and oxygen atoms in total. The van der Waals surface area contributed by atoms with Crippen molar-refractivity contribution >= 4 is 22.7 Å². The van der Waals surface area contributed by atoms with Crippen LogP contribution in [0.25, 0.3) is 0 Å². The zero-order chi connectivity index (χ0) is 15.5. The van der Waals surface area contributed by atoms with Crippen molar-refractivity contribution in [3.8, 4) is 0 Å². The number of carboxylic acid groups (broad SMARTS) is 1. The molecular weight excluding hydrogens is 290 g/mol. The Morgan fingerprint density at radius 2 is 2.00 bits per heavy atom. The molecule has 0 spiro atoms. The van der Waals surface area contributed by atoms with Crippen LogP contribution in [0.1, 0.15) is 41.6 Å². The maximum Gasteiger partial charge on any atom is 0.329 e. The molecule has 1 saturated carbocycles. The number of carboxylic acids is 1. The highest BCUT2D eigenvalue weighted by Gasteiger charge is 2.42. The summed E-state index contributed by atoms with van der Waals surface area (Å²) in [5.74, 6) is -0.979. The molecule has 0 bridgehead atoms. The molecule has 0 saturated heterocycles. The monoisotopic (exact) mass is 309 g/mol. The maximum atomic E-state index is 12.3. The lowest BCUT2D eigenvalue weighted by molar-refractivity contribution is -0.144. The summed E-state index contributed by atoms with van der Waals surface area (Å²) in [6.45, 7) is 0. The van der Waals surface area contributed by atoms with Crippen LogP contribution in [-0.4, -0.2) is 33.0 Å². The third kappa shape index (κ3) is 3.69. The highest BCUT2D eigenvalue weighted by atomic mass is 32.2. The van der Waals surface area contributed by atoms with Gasteiger partial charge in [0.05, 0.1) is 0 Å². The van der Waals surface area contributed by atoms with Crippen LogP contribution in [0.3, 0.4) is 0 Å². The van der Waals surface area contributed by atoms with Crippen LogP contribution < -0.4 is 5.32 Å². The molecule has 2 rings (SSSR count). The molecule has 1 aromatic carbocycles. The van der Waals surface area contributed by atoms with E-state index < -0.39 is 22.3 Å². The van der Waals surface area contributed by atoms with Crippen molar-refractivity contribution in [3.05, 3.63) is 35.4 Å². The van der Waals surface area contributed by atoms with Crippen LogP contribution in [0.5, 0.6) is 0 Å². The third-order valence-corrected chi connectivity index (χ3v) is 4.52. The van der Waals surface area contributed by atoms with E-state index in [1.165, 1.54) is 0 Å². The summed E-state index contributed by atoms with van der Waals surface area (Å²) < 4.78 is 11.2. The number of benzene rings is 1. The van der Waals surface area contributed by atoms with E-state index in [1.54, 1.807) is 30.5 Å². The van der Waals surface area contributed by atoms with Gasteiger partial charge in [-0.25, -0.2) is 4.79 Å². The van der Waals surface area contributed by atoms with Crippen LogP contribution >= 0.6 is 0 Å². The molecule has 6 heteroatoms. The molecule has 0 aromatic heterocycles. The largest absolute Gasteiger partial charge is 0.480 e. The quantitative estimate of drug-likeness (QED) is 0.867. The summed E-state index contributed by atoms with van der Waals surface area (Å²) in [7, 11) is -0.983. The van der Waals surface area contributed by atoms with E-state index in [1.807, 2.05) is 0 Å². The molecule has 2 N–H and O–H groups in total. The Morgan fingerprint density at radius 3 is 2.57 bits per heavy atom. The van der Waals surface area contributed by atoms with Crippen molar-refractivity contribution in [2.24, 2.45) is 0 Å². The van der Waals surface area contributed by atoms with Crippen molar-refractivity contribution in [2.45, 2.75) is 37.0 Å². The molecule has 1 aliphatic carbocycles. The molecule has 0 heterocycles. The molecule has 0 radical (unpaired) electrons. The van der Waals surface area contributed by atoms with Gasteiger partial charge < -0.3 is 10.4 Å². The van der Waals surface area contributed by atoms with Crippen molar-refractivity contribution in [1.82, 2.24) is 5.32 Å². The van der Waals surface area contributed by atoms with Crippen LogP contribution in [0.2, 0.25) is 0 Å². The second kappa shape index (κ2) is 6.39. The number of rotatable bonds is 5. The average molecular weight is 309 g/mol. The lowest BCUT2D eigenvalue weighted by atomic mass is 9.97. The minimum atomic E-state index is -1.14. The van der Waals surface area contributed by atoms with Gasteiger partial charge in [0.1, 0.15) is 5.54 Å². The molecule has 1 unspecified atom stereocenters. The maximum absolute atomic E-state index is 12.3. The Kier molecular flexibility index (Phi) is 4.77. The number of aliphatic carboxylic acids is 1. The first-order valence-electron chi connectivity index (χ1n) is 6.88. The Hall–Kier alpha value is -1.69. The molecule has 1 aliphatic rings. The first kappa shape index (κ1) is 15.7. The Morgan fingerprint density at radius 1 is 1.33 bits per heavy atom. The predicted molar refractivity (Wildman–Crippen MR) is 80.5 cm³/mol. The normalized spacial score (nSPS) is 18.1. The van der Waals surface area contributed by atoms with Gasteiger partial charge in [0, 0.05) is 28.4 Å². The third-order valence-electron chi connectivity index (χ3n) is 3.78. The first-order chi connectivity index (χ1) is 9.93. The fourth-order valence-electron chi connectivity index (χ4n) is 2.70. The van der Waals surface area contributed by atoms with E-state index >= 15 is 0 Å². The Bertz CT molecular complexity index is 579. The minimum Gasteiger partial charge on any atom is -0.480 e. The van der Waals surface area contributed by atoms with Crippen molar-refractivity contribution in [2.75, 3.05) is 6.26 Å². The van der Waals surface area contributed by atoms with Gasteiger partial charge in [-0.05, 0) is 30.5 Å². The second-order valence-corrected chi connectivity index (χ2v) is 6.90. The standard InChI is InChI=1S/C15H19NO4S/c1-21(20)10-11-5-4-6-12(9-11)13(17)16-15(14(18)19)7-2-3-8-15/h4-6,9H,2-3,7-8,10H2,1H3,(H,16,17)(H,18,19). The van der Waals surface area contributed by atoms with Gasteiger partial charge in [-0.2, -0.15) is 0 Å². The summed E-state index contributed by atoms with van der Waals surface area (Å²) >= 11 is 0. The van der Waals surface area contributed by atoms with E-state index in [0.717, 1.165) is 18.4 Å². The second-order valence-electron chi connectivity index (χ2n) is 5.47. The number of hydrogen-bond donors (Lipinski definition) is 2. The first-order valence-corrected chi connectivity index (χ1v) is 8.60. The Balaban J connectivity index is 2.16. The van der Waals surface area contributed by atoms with E-state index in [0.29, 0.717) is 24.2 Å². The summed E-state index contributed by atoms with van der Waals surface area (Å²) in [4.78, 5) is 23.7. The van der Waals surface area contributed by atoms with E-state index in [4.69, 9.17) is 0 Å². The van der Waals surface area contributed by atoms with Gasteiger partial charge in [-0.1, -0.05) is 25.0 Å². The summed E-state index contributed by atoms with van der Waals surface area (Å²) in [6, 6.07) is 6.84. The summed E-state index contributed by atoms with van der Waals surface area (Å²) in [6.07, 6.45) is 4.15. The summed E-state index contributed by atoms with van der Waals surface area (Å²) in [5.41, 5.74) is 0.0745. The van der Waals surface area contributed by atoms with Crippen molar-refractivity contribution < 1.29 is 18.9 Å². The molecule has 0 aliphatic heterocycles.